The van der Waals surface area contributed by atoms with Gasteiger partial charge < -0.3 is 5.32 Å². The van der Waals surface area contributed by atoms with E-state index >= 15 is 0 Å². The molecule has 0 spiro atoms. The van der Waals surface area contributed by atoms with Gasteiger partial charge in [0.2, 0.25) is 0 Å². The number of hydrogen-bond donors (Lipinski definition) is 1. The van der Waals surface area contributed by atoms with Gasteiger partial charge >= 0.3 is 0 Å². The van der Waals surface area contributed by atoms with Crippen molar-refractivity contribution in [1.82, 2.24) is 9.97 Å². The second kappa shape index (κ2) is 4.84. The number of nitrogens with zero attached hydrogens (tertiary/aromatic N) is 2. The van der Waals surface area contributed by atoms with Gasteiger partial charge in [0, 0.05) is 24.3 Å². The van der Waals surface area contributed by atoms with Crippen LogP contribution in [0.3, 0.4) is 0 Å². The van der Waals surface area contributed by atoms with Crippen molar-refractivity contribution in [1.29, 1.82) is 0 Å². The third kappa shape index (κ3) is 2.15. The highest BCUT2D eigenvalue weighted by molar-refractivity contribution is 5.81. The molecule has 0 atom stereocenters. The zero-order valence-electron chi connectivity index (χ0n) is 9.88. The van der Waals surface area contributed by atoms with E-state index in [9.17, 15) is 0 Å². The summed E-state index contributed by atoms with van der Waals surface area (Å²) in [5, 5.41) is 4.47. The molecule has 88 valence electrons. The summed E-state index contributed by atoms with van der Waals surface area (Å²) in [6.07, 6.45) is 3.61. The number of fused-ring (bicyclic) bond motifs is 1. The number of nitrogens with one attached hydrogen (secondary N) is 1. The molecule has 1 aromatic carbocycles. The summed E-state index contributed by atoms with van der Waals surface area (Å²) < 4.78 is 0. The second-order valence-corrected chi connectivity index (χ2v) is 4.06. The van der Waals surface area contributed by atoms with Gasteiger partial charge in [0.25, 0.3) is 0 Å². The Morgan fingerprint density at radius 3 is 2.61 bits per heavy atom. The first-order valence-corrected chi connectivity index (χ1v) is 5.91. The van der Waals surface area contributed by atoms with E-state index in [4.69, 9.17) is 0 Å². The van der Waals surface area contributed by atoms with Gasteiger partial charge in [-0.25, -0.2) is 4.98 Å². The van der Waals surface area contributed by atoms with E-state index in [1.54, 1.807) is 6.20 Å². The molecule has 3 nitrogen and oxygen atoms in total. The molecule has 2 aromatic heterocycles. The van der Waals surface area contributed by atoms with E-state index in [0.717, 1.165) is 23.3 Å². The summed E-state index contributed by atoms with van der Waals surface area (Å²) in [4.78, 5) is 8.68. The Morgan fingerprint density at radius 2 is 1.72 bits per heavy atom. The number of rotatable bonds is 3. The SMILES string of the molecule is c1ccc(NCc2cccc3cccnc23)nc1. The fourth-order valence-corrected chi connectivity index (χ4v) is 1.96. The topological polar surface area (TPSA) is 37.8 Å². The summed E-state index contributed by atoms with van der Waals surface area (Å²) >= 11 is 0. The van der Waals surface area contributed by atoms with Crippen molar-refractivity contribution >= 4 is 16.7 Å². The molecule has 0 unspecified atom stereocenters. The van der Waals surface area contributed by atoms with Gasteiger partial charge in [-0.15, -0.1) is 0 Å². The van der Waals surface area contributed by atoms with Crippen LogP contribution in [0.15, 0.2) is 60.9 Å². The summed E-state index contributed by atoms with van der Waals surface area (Å²) in [7, 11) is 0. The second-order valence-electron chi connectivity index (χ2n) is 4.06. The number of aromatic nitrogens is 2. The predicted molar refractivity (Wildman–Crippen MR) is 73.3 cm³/mol. The third-order valence-corrected chi connectivity index (χ3v) is 2.84. The molecule has 0 radical (unpaired) electrons. The van der Waals surface area contributed by atoms with Crippen molar-refractivity contribution in [3.05, 3.63) is 66.5 Å². The smallest absolute Gasteiger partial charge is 0.126 e. The molecular weight excluding hydrogens is 222 g/mol. The molecule has 0 amide bonds. The van der Waals surface area contributed by atoms with Crippen molar-refractivity contribution in [2.24, 2.45) is 0 Å². The molecule has 0 aliphatic heterocycles. The monoisotopic (exact) mass is 235 g/mol. The van der Waals surface area contributed by atoms with Crippen LogP contribution in [0.1, 0.15) is 5.56 Å². The van der Waals surface area contributed by atoms with Gasteiger partial charge in [0.1, 0.15) is 5.82 Å². The summed E-state index contributed by atoms with van der Waals surface area (Å²) in [6.45, 7) is 0.728. The maximum Gasteiger partial charge on any atom is 0.126 e. The van der Waals surface area contributed by atoms with Gasteiger partial charge in [-0.2, -0.15) is 0 Å². The summed E-state index contributed by atoms with van der Waals surface area (Å²) in [5.41, 5.74) is 2.22. The highest BCUT2D eigenvalue weighted by Crippen LogP contribution is 2.16. The van der Waals surface area contributed by atoms with Crippen LogP contribution >= 0.6 is 0 Å². The lowest BCUT2D eigenvalue weighted by Gasteiger charge is -2.07. The third-order valence-electron chi connectivity index (χ3n) is 2.84. The van der Waals surface area contributed by atoms with Crippen molar-refractivity contribution in [2.75, 3.05) is 5.32 Å². The van der Waals surface area contributed by atoms with Crippen LogP contribution in [-0.4, -0.2) is 9.97 Å². The van der Waals surface area contributed by atoms with Crippen LogP contribution in [0.2, 0.25) is 0 Å². The van der Waals surface area contributed by atoms with Crippen LogP contribution in [-0.2, 0) is 6.54 Å². The Hall–Kier alpha value is -2.42. The van der Waals surface area contributed by atoms with Gasteiger partial charge in [-0.3, -0.25) is 4.98 Å². The molecular formula is C15H13N3. The Kier molecular flexibility index (Phi) is 2.88. The van der Waals surface area contributed by atoms with E-state index in [-0.39, 0.29) is 0 Å². The quantitative estimate of drug-likeness (QED) is 0.757. The first kappa shape index (κ1) is 10.7. The Labute approximate surface area is 106 Å². The molecule has 3 rings (SSSR count). The van der Waals surface area contributed by atoms with Crippen LogP contribution in [0.25, 0.3) is 10.9 Å². The zero-order valence-corrected chi connectivity index (χ0v) is 9.88. The normalized spacial score (nSPS) is 10.4. The Balaban J connectivity index is 1.87. The lowest BCUT2D eigenvalue weighted by atomic mass is 10.1. The molecule has 0 bridgehead atoms. The van der Waals surface area contributed by atoms with Gasteiger partial charge in [0.15, 0.2) is 0 Å². The number of hydrogen-bond acceptors (Lipinski definition) is 3. The maximum absolute atomic E-state index is 4.43. The van der Waals surface area contributed by atoms with E-state index in [1.807, 2.05) is 30.5 Å². The molecule has 3 heteroatoms. The minimum atomic E-state index is 0.728. The Morgan fingerprint density at radius 1 is 0.833 bits per heavy atom. The Bertz CT molecular complexity index is 645. The van der Waals surface area contributed by atoms with Crippen molar-refractivity contribution < 1.29 is 0 Å². The molecule has 0 saturated carbocycles. The highest BCUT2D eigenvalue weighted by Gasteiger charge is 2.01. The van der Waals surface area contributed by atoms with Gasteiger partial charge in [0.05, 0.1) is 5.52 Å². The van der Waals surface area contributed by atoms with Crippen molar-refractivity contribution in [3.8, 4) is 0 Å². The summed E-state index contributed by atoms with van der Waals surface area (Å²) in [5.74, 6) is 0.880. The molecule has 3 aromatic rings. The number of anilines is 1. The first-order valence-electron chi connectivity index (χ1n) is 5.91. The minimum absolute atomic E-state index is 0.728. The molecule has 18 heavy (non-hydrogen) atoms. The average Bonchev–Trinajstić information content (AvgIpc) is 2.46. The lowest BCUT2D eigenvalue weighted by molar-refractivity contribution is 1.12. The molecule has 0 aliphatic carbocycles. The number of para-hydroxylation sites is 1. The minimum Gasteiger partial charge on any atom is -0.366 e. The molecule has 1 N–H and O–H groups in total. The fraction of sp³-hybridized carbons (Fsp3) is 0.0667. The van der Waals surface area contributed by atoms with Crippen molar-refractivity contribution in [2.45, 2.75) is 6.54 Å². The van der Waals surface area contributed by atoms with E-state index in [0.29, 0.717) is 0 Å². The van der Waals surface area contributed by atoms with Crippen LogP contribution < -0.4 is 5.32 Å². The lowest BCUT2D eigenvalue weighted by Crippen LogP contribution is -2.01. The number of pyridine rings is 2. The first-order chi connectivity index (χ1) is 8.93. The van der Waals surface area contributed by atoms with E-state index in [2.05, 4.69) is 39.6 Å². The van der Waals surface area contributed by atoms with E-state index < -0.39 is 0 Å². The van der Waals surface area contributed by atoms with Crippen LogP contribution in [0.5, 0.6) is 0 Å². The van der Waals surface area contributed by atoms with Gasteiger partial charge in [-0.1, -0.05) is 30.3 Å². The molecule has 0 aliphatic rings. The summed E-state index contributed by atoms with van der Waals surface area (Å²) in [6, 6.07) is 16.1. The van der Waals surface area contributed by atoms with Crippen LogP contribution in [0, 0.1) is 0 Å². The maximum atomic E-state index is 4.43. The number of benzene rings is 1. The van der Waals surface area contributed by atoms with Crippen molar-refractivity contribution in [3.63, 3.8) is 0 Å². The van der Waals surface area contributed by atoms with Crippen LogP contribution in [0.4, 0.5) is 5.82 Å². The largest absolute Gasteiger partial charge is 0.366 e. The van der Waals surface area contributed by atoms with E-state index in [1.165, 1.54) is 5.56 Å². The molecule has 0 saturated heterocycles. The predicted octanol–water partition coefficient (Wildman–Crippen LogP) is 3.24. The van der Waals surface area contributed by atoms with Gasteiger partial charge in [-0.05, 0) is 23.8 Å². The average molecular weight is 235 g/mol. The standard InChI is InChI=1S/C15H13N3/c1-2-9-16-14(8-1)18-11-13-6-3-5-12-7-4-10-17-15(12)13/h1-10H,11H2,(H,16,18). The molecule has 2 heterocycles. The highest BCUT2D eigenvalue weighted by atomic mass is 15.0. The molecule has 0 fully saturated rings. The fourth-order valence-electron chi connectivity index (χ4n) is 1.96. The zero-order chi connectivity index (χ0) is 12.2.